The first kappa shape index (κ1) is 13.8. The zero-order valence-corrected chi connectivity index (χ0v) is 12.5. The number of carbonyl (C=O) groups excluding carboxylic acids is 1. The number of anilines is 1. The molecule has 4 nitrogen and oxygen atoms in total. The Balaban J connectivity index is 2.70. The van der Waals surface area contributed by atoms with Crippen molar-refractivity contribution in [3.63, 3.8) is 0 Å². The number of carbonyl (C=O) groups is 1. The first-order valence-corrected chi connectivity index (χ1v) is 6.86. The van der Waals surface area contributed by atoms with E-state index in [9.17, 15) is 4.79 Å². The Morgan fingerprint density at radius 3 is 2.74 bits per heavy atom. The van der Waals surface area contributed by atoms with Crippen molar-refractivity contribution in [3.8, 4) is 5.69 Å². The third-order valence-electron chi connectivity index (χ3n) is 3.03. The van der Waals surface area contributed by atoms with Gasteiger partial charge < -0.3 is 10.5 Å². The number of benzene rings is 1. The van der Waals surface area contributed by atoms with Crippen LogP contribution in [0.5, 0.6) is 0 Å². The summed E-state index contributed by atoms with van der Waals surface area (Å²) in [6.45, 7) is 4.02. The second-order valence-corrected chi connectivity index (χ2v) is 5.77. The highest BCUT2D eigenvalue weighted by Crippen LogP contribution is 2.29. The fraction of sp³-hybridized carbons (Fsp3) is 0.231. The lowest BCUT2D eigenvalue weighted by atomic mass is 10.1. The van der Waals surface area contributed by atoms with Gasteiger partial charge in [-0.2, -0.15) is 0 Å². The lowest BCUT2D eigenvalue weighted by Crippen LogP contribution is -2.07. The van der Waals surface area contributed by atoms with Crippen LogP contribution in [-0.2, 0) is 4.74 Å². The largest absolute Gasteiger partial charge is 0.465 e. The molecule has 1 aromatic heterocycles. The van der Waals surface area contributed by atoms with Crippen molar-refractivity contribution in [1.29, 1.82) is 0 Å². The van der Waals surface area contributed by atoms with Gasteiger partial charge in [0.05, 0.1) is 12.8 Å². The van der Waals surface area contributed by atoms with Crippen molar-refractivity contribution < 1.29 is 9.53 Å². The maximum absolute atomic E-state index is 11.6. The number of methoxy groups -OCH3 is 1. The molecule has 0 aliphatic carbocycles. The summed E-state index contributed by atoms with van der Waals surface area (Å²) in [6.07, 6.45) is 0. The van der Waals surface area contributed by atoms with Gasteiger partial charge in [-0.25, -0.2) is 4.79 Å². The number of aromatic nitrogens is 1. The second-order valence-electron chi connectivity index (χ2n) is 4.13. The number of hydrogen-bond acceptors (Lipinski definition) is 5. The number of aryl methyl sites for hydroxylation is 1. The van der Waals surface area contributed by atoms with Crippen molar-refractivity contribution in [2.24, 2.45) is 0 Å². The van der Waals surface area contributed by atoms with Crippen LogP contribution >= 0.6 is 23.6 Å². The standard InChI is InChI=1S/C13H14N2O2S2/c1-7-5-4-6-9(8(7)2)15-11(14)10(12(16)17-3)19-13(15)18/h4-6H,14H2,1-3H3. The van der Waals surface area contributed by atoms with Crippen LogP contribution in [0.4, 0.5) is 5.82 Å². The molecule has 6 heteroatoms. The van der Waals surface area contributed by atoms with Crippen molar-refractivity contribution in [2.75, 3.05) is 12.8 Å². The van der Waals surface area contributed by atoms with Gasteiger partial charge in [0.25, 0.3) is 0 Å². The van der Waals surface area contributed by atoms with Gasteiger partial charge in [-0.1, -0.05) is 23.5 Å². The van der Waals surface area contributed by atoms with E-state index < -0.39 is 5.97 Å². The maximum Gasteiger partial charge on any atom is 0.351 e. The predicted octanol–water partition coefficient (Wildman–Crippen LogP) is 3.25. The zero-order valence-electron chi connectivity index (χ0n) is 10.9. The van der Waals surface area contributed by atoms with Crippen LogP contribution in [0.2, 0.25) is 0 Å². The van der Waals surface area contributed by atoms with Gasteiger partial charge >= 0.3 is 5.97 Å². The highest BCUT2D eigenvalue weighted by atomic mass is 32.1. The predicted molar refractivity (Wildman–Crippen MR) is 79.7 cm³/mol. The molecule has 2 N–H and O–H groups in total. The maximum atomic E-state index is 11.6. The van der Waals surface area contributed by atoms with Crippen LogP contribution in [-0.4, -0.2) is 17.6 Å². The summed E-state index contributed by atoms with van der Waals surface area (Å²) in [4.78, 5) is 12.0. The Hall–Kier alpha value is -1.66. The monoisotopic (exact) mass is 294 g/mol. The first-order valence-electron chi connectivity index (χ1n) is 5.63. The van der Waals surface area contributed by atoms with Crippen LogP contribution in [0.1, 0.15) is 20.8 Å². The third-order valence-corrected chi connectivity index (χ3v) is 4.40. The van der Waals surface area contributed by atoms with Crippen molar-refractivity contribution in [1.82, 2.24) is 4.57 Å². The lowest BCUT2D eigenvalue weighted by molar-refractivity contribution is 0.0607. The van der Waals surface area contributed by atoms with E-state index in [2.05, 4.69) is 0 Å². The van der Waals surface area contributed by atoms with Gasteiger partial charge in [0.1, 0.15) is 5.82 Å². The smallest absolute Gasteiger partial charge is 0.351 e. The van der Waals surface area contributed by atoms with E-state index in [0.29, 0.717) is 14.6 Å². The van der Waals surface area contributed by atoms with Crippen molar-refractivity contribution in [2.45, 2.75) is 13.8 Å². The molecule has 1 aromatic carbocycles. The van der Waals surface area contributed by atoms with E-state index in [0.717, 1.165) is 28.2 Å². The molecule has 2 rings (SSSR count). The molecule has 100 valence electrons. The number of rotatable bonds is 2. The fourth-order valence-corrected chi connectivity index (χ4v) is 3.10. The molecule has 0 radical (unpaired) electrons. The lowest BCUT2D eigenvalue weighted by Gasteiger charge is -2.11. The summed E-state index contributed by atoms with van der Waals surface area (Å²) >= 11 is 6.47. The molecule has 1 heterocycles. The van der Waals surface area contributed by atoms with E-state index in [1.807, 2.05) is 32.0 Å². The molecule has 0 spiro atoms. The van der Waals surface area contributed by atoms with E-state index in [-0.39, 0.29) is 0 Å². The van der Waals surface area contributed by atoms with Gasteiger partial charge in [0.2, 0.25) is 0 Å². The topological polar surface area (TPSA) is 57.2 Å². The van der Waals surface area contributed by atoms with E-state index in [4.69, 9.17) is 22.7 Å². The van der Waals surface area contributed by atoms with Gasteiger partial charge in [-0.15, -0.1) is 0 Å². The number of hydrogen-bond donors (Lipinski definition) is 1. The number of nitrogens with zero attached hydrogens (tertiary/aromatic N) is 1. The molecule has 0 atom stereocenters. The minimum Gasteiger partial charge on any atom is -0.465 e. The van der Waals surface area contributed by atoms with Crippen LogP contribution < -0.4 is 5.73 Å². The fourth-order valence-electron chi connectivity index (χ4n) is 1.83. The van der Waals surface area contributed by atoms with Gasteiger partial charge in [0.15, 0.2) is 8.83 Å². The van der Waals surface area contributed by atoms with Gasteiger partial charge in [0, 0.05) is 0 Å². The number of nitrogen functional groups attached to an aromatic ring is 1. The van der Waals surface area contributed by atoms with Crippen LogP contribution in [0.25, 0.3) is 5.69 Å². The van der Waals surface area contributed by atoms with Gasteiger partial charge in [-0.3, -0.25) is 4.57 Å². The Bertz CT molecular complexity index is 701. The summed E-state index contributed by atoms with van der Waals surface area (Å²) in [7, 11) is 1.33. The molecular weight excluding hydrogens is 280 g/mol. The minimum atomic E-state index is -0.461. The van der Waals surface area contributed by atoms with E-state index in [1.54, 1.807) is 4.57 Å². The summed E-state index contributed by atoms with van der Waals surface area (Å²) < 4.78 is 6.96. The molecule has 0 unspecified atom stereocenters. The van der Waals surface area contributed by atoms with Crippen LogP contribution in [0.15, 0.2) is 18.2 Å². The quantitative estimate of drug-likeness (QED) is 0.682. The average Bonchev–Trinajstić information content (AvgIpc) is 2.68. The normalized spacial score (nSPS) is 10.5. The highest BCUT2D eigenvalue weighted by Gasteiger charge is 2.19. The Morgan fingerprint density at radius 2 is 2.11 bits per heavy atom. The molecular formula is C13H14N2O2S2. The summed E-state index contributed by atoms with van der Waals surface area (Å²) in [5, 5.41) is 0. The average molecular weight is 294 g/mol. The second kappa shape index (κ2) is 5.14. The van der Waals surface area contributed by atoms with Crippen molar-refractivity contribution in [3.05, 3.63) is 38.2 Å². The highest BCUT2D eigenvalue weighted by molar-refractivity contribution is 7.73. The van der Waals surface area contributed by atoms with E-state index >= 15 is 0 Å². The number of esters is 1. The van der Waals surface area contributed by atoms with Crippen LogP contribution in [0, 0.1) is 17.8 Å². The molecule has 2 aromatic rings. The summed E-state index contributed by atoms with van der Waals surface area (Å²) in [5.41, 5.74) is 9.16. The number of thiazole rings is 1. The molecule has 0 aliphatic rings. The molecule has 0 saturated heterocycles. The SMILES string of the molecule is COC(=O)c1sc(=S)n(-c2cccc(C)c2C)c1N. The van der Waals surface area contributed by atoms with Crippen molar-refractivity contribution >= 4 is 35.3 Å². The van der Waals surface area contributed by atoms with E-state index in [1.165, 1.54) is 7.11 Å². The Labute approximate surface area is 120 Å². The number of nitrogens with two attached hydrogens (primary N) is 1. The number of ether oxygens (including phenoxy) is 1. The van der Waals surface area contributed by atoms with Gasteiger partial charge in [-0.05, 0) is 43.3 Å². The summed E-state index contributed by atoms with van der Waals surface area (Å²) in [6, 6.07) is 5.89. The zero-order chi connectivity index (χ0) is 14.2. The molecule has 0 saturated carbocycles. The Kier molecular flexibility index (Phi) is 3.73. The van der Waals surface area contributed by atoms with Crippen LogP contribution in [0.3, 0.4) is 0 Å². The third kappa shape index (κ3) is 2.29. The molecule has 0 aliphatic heterocycles. The minimum absolute atomic E-state index is 0.329. The first-order chi connectivity index (χ1) is 8.97. The molecule has 0 amide bonds. The molecule has 19 heavy (non-hydrogen) atoms. The Morgan fingerprint density at radius 1 is 1.42 bits per heavy atom. The molecule has 0 bridgehead atoms. The molecule has 0 fully saturated rings. The summed E-state index contributed by atoms with van der Waals surface area (Å²) in [5.74, 6) is -0.131.